The average molecular weight is 255 g/mol. The molecule has 3 rings (SSSR count). The van der Waals surface area contributed by atoms with Crippen molar-refractivity contribution in [3.63, 3.8) is 0 Å². The second-order valence-electron chi connectivity index (χ2n) is 4.06. The maximum atomic E-state index is 13.4. The van der Waals surface area contributed by atoms with Gasteiger partial charge in [0.15, 0.2) is 5.82 Å². The molecule has 0 saturated carbocycles. The molecule has 1 aromatic carbocycles. The summed E-state index contributed by atoms with van der Waals surface area (Å²) in [5.74, 6) is -0.918. The van der Waals surface area contributed by atoms with Gasteiger partial charge in [-0.25, -0.2) is 4.39 Å². The van der Waals surface area contributed by atoms with Gasteiger partial charge in [-0.1, -0.05) is 18.2 Å². The maximum Gasteiger partial charge on any atom is 0.257 e. The molecule has 0 saturated heterocycles. The van der Waals surface area contributed by atoms with E-state index in [1.165, 1.54) is 12.3 Å². The first-order valence-electron chi connectivity index (χ1n) is 5.72. The van der Waals surface area contributed by atoms with Gasteiger partial charge in [0.25, 0.3) is 5.91 Å². The standard InChI is InChI=1S/C14H10FN3O/c15-11-8-16-6-5-13(11)18-14(19)10-7-17-12-4-2-1-3-9(10)12/h1-8,17H,(H,16,18,19). The van der Waals surface area contributed by atoms with Gasteiger partial charge in [-0.05, 0) is 12.1 Å². The highest BCUT2D eigenvalue weighted by Crippen LogP contribution is 2.19. The van der Waals surface area contributed by atoms with Crippen LogP contribution in [0.2, 0.25) is 0 Å². The normalized spacial score (nSPS) is 10.6. The van der Waals surface area contributed by atoms with Gasteiger partial charge in [0.05, 0.1) is 17.4 Å². The number of anilines is 1. The van der Waals surface area contributed by atoms with Crippen molar-refractivity contribution in [3.8, 4) is 0 Å². The van der Waals surface area contributed by atoms with Crippen LogP contribution in [0.25, 0.3) is 10.9 Å². The lowest BCUT2D eigenvalue weighted by Crippen LogP contribution is -2.12. The molecule has 0 unspecified atom stereocenters. The second-order valence-corrected chi connectivity index (χ2v) is 4.06. The first-order chi connectivity index (χ1) is 9.25. The van der Waals surface area contributed by atoms with Crippen molar-refractivity contribution in [2.45, 2.75) is 0 Å². The number of aromatic nitrogens is 2. The van der Waals surface area contributed by atoms with Gasteiger partial charge in [-0.3, -0.25) is 9.78 Å². The van der Waals surface area contributed by atoms with E-state index in [9.17, 15) is 9.18 Å². The number of fused-ring (bicyclic) bond motifs is 1. The number of amides is 1. The van der Waals surface area contributed by atoms with E-state index in [2.05, 4.69) is 15.3 Å². The van der Waals surface area contributed by atoms with Crippen LogP contribution in [-0.4, -0.2) is 15.9 Å². The molecule has 4 nitrogen and oxygen atoms in total. The number of nitrogens with one attached hydrogen (secondary N) is 2. The third-order valence-electron chi connectivity index (χ3n) is 2.85. The Morgan fingerprint density at radius 1 is 1.26 bits per heavy atom. The van der Waals surface area contributed by atoms with Crippen LogP contribution in [0.1, 0.15) is 10.4 Å². The number of H-pyrrole nitrogens is 1. The molecule has 19 heavy (non-hydrogen) atoms. The highest BCUT2D eigenvalue weighted by molar-refractivity contribution is 6.12. The molecule has 2 heterocycles. The number of carbonyl (C=O) groups excluding carboxylic acids is 1. The lowest BCUT2D eigenvalue weighted by Gasteiger charge is -2.04. The number of halogens is 1. The first kappa shape index (κ1) is 11.4. The lowest BCUT2D eigenvalue weighted by atomic mass is 10.1. The fourth-order valence-corrected chi connectivity index (χ4v) is 1.93. The van der Waals surface area contributed by atoms with Crippen molar-refractivity contribution in [2.75, 3.05) is 5.32 Å². The van der Waals surface area contributed by atoms with E-state index in [-0.39, 0.29) is 11.6 Å². The zero-order valence-electron chi connectivity index (χ0n) is 9.85. The molecule has 0 fully saturated rings. The van der Waals surface area contributed by atoms with Crippen molar-refractivity contribution in [2.24, 2.45) is 0 Å². The highest BCUT2D eigenvalue weighted by Gasteiger charge is 2.13. The maximum absolute atomic E-state index is 13.4. The predicted molar refractivity (Wildman–Crippen MR) is 70.4 cm³/mol. The van der Waals surface area contributed by atoms with Crippen LogP contribution in [0.4, 0.5) is 10.1 Å². The molecular weight excluding hydrogens is 245 g/mol. The summed E-state index contributed by atoms with van der Waals surface area (Å²) in [5.41, 5.74) is 1.46. The number of para-hydroxylation sites is 1. The topological polar surface area (TPSA) is 57.8 Å². The molecule has 0 aliphatic rings. The molecule has 0 aliphatic carbocycles. The minimum Gasteiger partial charge on any atom is -0.360 e. The third-order valence-corrected chi connectivity index (χ3v) is 2.85. The predicted octanol–water partition coefficient (Wildman–Crippen LogP) is 2.95. The summed E-state index contributed by atoms with van der Waals surface area (Å²) < 4.78 is 13.4. The molecular formula is C14H10FN3O. The van der Waals surface area contributed by atoms with Crippen LogP contribution < -0.4 is 5.32 Å². The van der Waals surface area contributed by atoms with E-state index < -0.39 is 5.82 Å². The lowest BCUT2D eigenvalue weighted by molar-refractivity contribution is 0.102. The van der Waals surface area contributed by atoms with Crippen molar-refractivity contribution in [1.29, 1.82) is 0 Å². The molecule has 3 aromatic rings. The van der Waals surface area contributed by atoms with Crippen molar-refractivity contribution >= 4 is 22.5 Å². The minimum absolute atomic E-state index is 0.116. The number of carbonyl (C=O) groups is 1. The smallest absolute Gasteiger partial charge is 0.257 e. The zero-order valence-corrected chi connectivity index (χ0v) is 9.85. The van der Waals surface area contributed by atoms with Crippen LogP contribution in [0, 0.1) is 5.82 Å². The highest BCUT2D eigenvalue weighted by atomic mass is 19.1. The molecule has 0 aliphatic heterocycles. The third kappa shape index (κ3) is 2.06. The Morgan fingerprint density at radius 3 is 2.95 bits per heavy atom. The van der Waals surface area contributed by atoms with Gasteiger partial charge in [0.2, 0.25) is 0 Å². The summed E-state index contributed by atoms with van der Waals surface area (Å²) in [5, 5.41) is 3.33. The van der Waals surface area contributed by atoms with E-state index in [0.717, 1.165) is 17.1 Å². The van der Waals surface area contributed by atoms with Gasteiger partial charge in [0, 0.05) is 23.3 Å². The molecule has 0 radical (unpaired) electrons. The molecule has 2 N–H and O–H groups in total. The Balaban J connectivity index is 1.95. The van der Waals surface area contributed by atoms with Crippen molar-refractivity contribution < 1.29 is 9.18 Å². The van der Waals surface area contributed by atoms with Crippen molar-refractivity contribution in [3.05, 3.63) is 60.3 Å². The fraction of sp³-hybridized carbons (Fsp3) is 0. The summed E-state index contributed by atoms with van der Waals surface area (Å²) in [6.45, 7) is 0. The second kappa shape index (κ2) is 4.53. The molecule has 1 amide bonds. The molecule has 0 bridgehead atoms. The van der Waals surface area contributed by atoms with E-state index in [1.54, 1.807) is 6.20 Å². The fourth-order valence-electron chi connectivity index (χ4n) is 1.93. The number of hydrogen-bond donors (Lipinski definition) is 2. The summed E-state index contributed by atoms with van der Waals surface area (Å²) in [4.78, 5) is 18.8. The van der Waals surface area contributed by atoms with Crippen molar-refractivity contribution in [1.82, 2.24) is 9.97 Å². The van der Waals surface area contributed by atoms with E-state index in [1.807, 2.05) is 24.3 Å². The summed E-state index contributed by atoms with van der Waals surface area (Å²) >= 11 is 0. The van der Waals surface area contributed by atoms with Gasteiger partial charge < -0.3 is 10.3 Å². The monoisotopic (exact) mass is 255 g/mol. The Hall–Kier alpha value is -2.69. The quantitative estimate of drug-likeness (QED) is 0.739. The van der Waals surface area contributed by atoms with Gasteiger partial charge in [0.1, 0.15) is 0 Å². The van der Waals surface area contributed by atoms with Gasteiger partial charge >= 0.3 is 0 Å². The summed E-state index contributed by atoms with van der Waals surface area (Å²) in [6, 6.07) is 8.86. The molecule has 5 heteroatoms. The van der Waals surface area contributed by atoms with Crippen LogP contribution in [0.5, 0.6) is 0 Å². The number of nitrogens with zero attached hydrogens (tertiary/aromatic N) is 1. The Morgan fingerprint density at radius 2 is 2.11 bits per heavy atom. The van der Waals surface area contributed by atoms with E-state index >= 15 is 0 Å². The molecule has 2 aromatic heterocycles. The van der Waals surface area contributed by atoms with Crippen LogP contribution in [0.3, 0.4) is 0 Å². The Kier molecular flexibility index (Phi) is 2.72. The number of benzene rings is 1. The number of pyridine rings is 1. The van der Waals surface area contributed by atoms with Crippen LogP contribution >= 0.6 is 0 Å². The number of rotatable bonds is 2. The SMILES string of the molecule is O=C(Nc1ccncc1F)c1c[nH]c2ccccc12. The summed E-state index contributed by atoms with van der Waals surface area (Å²) in [7, 11) is 0. The van der Waals surface area contributed by atoms with Gasteiger partial charge in [-0.15, -0.1) is 0 Å². The first-order valence-corrected chi connectivity index (χ1v) is 5.72. The molecule has 0 spiro atoms. The molecule has 94 valence electrons. The zero-order chi connectivity index (χ0) is 13.2. The number of hydrogen-bond acceptors (Lipinski definition) is 2. The van der Waals surface area contributed by atoms with E-state index in [0.29, 0.717) is 5.56 Å². The Labute approximate surface area is 108 Å². The number of aromatic amines is 1. The average Bonchev–Trinajstić information content (AvgIpc) is 2.85. The Bertz CT molecular complexity index is 751. The minimum atomic E-state index is -0.560. The van der Waals surface area contributed by atoms with Crippen LogP contribution in [-0.2, 0) is 0 Å². The summed E-state index contributed by atoms with van der Waals surface area (Å²) in [6.07, 6.45) is 4.10. The largest absolute Gasteiger partial charge is 0.360 e. The van der Waals surface area contributed by atoms with Crippen LogP contribution in [0.15, 0.2) is 48.9 Å². The van der Waals surface area contributed by atoms with E-state index in [4.69, 9.17) is 0 Å². The van der Waals surface area contributed by atoms with Gasteiger partial charge in [-0.2, -0.15) is 0 Å². The molecule has 0 atom stereocenters.